The van der Waals surface area contributed by atoms with Crippen molar-refractivity contribution >= 4 is 27.5 Å². The summed E-state index contributed by atoms with van der Waals surface area (Å²) in [5.41, 5.74) is 0.117. The normalized spacial score (nSPS) is 30.8. The molecule has 0 radical (unpaired) electrons. The maximum atomic E-state index is 13.7. The Morgan fingerprint density at radius 3 is 2.26 bits per heavy atom. The number of anilines is 1. The molecule has 1 aromatic carbocycles. The monoisotopic (exact) mass is 490 g/mol. The van der Waals surface area contributed by atoms with Gasteiger partial charge in [-0.05, 0) is 66.3 Å². The quantitative estimate of drug-likeness (QED) is 0.658. The van der Waals surface area contributed by atoms with Crippen LogP contribution in [0.2, 0.25) is 0 Å². The molecule has 2 aromatic rings. The Morgan fingerprint density at radius 2 is 1.74 bits per heavy atom. The van der Waals surface area contributed by atoms with Gasteiger partial charge in [0.25, 0.3) is 0 Å². The van der Waals surface area contributed by atoms with Crippen LogP contribution in [0, 0.1) is 17.3 Å². The van der Waals surface area contributed by atoms with Gasteiger partial charge in [0.2, 0.25) is 16.4 Å². The maximum absolute atomic E-state index is 13.7. The third kappa shape index (κ3) is 3.28. The van der Waals surface area contributed by atoms with E-state index in [1.807, 2.05) is 11.0 Å². The van der Waals surface area contributed by atoms with Crippen molar-refractivity contribution in [2.24, 2.45) is 17.3 Å². The van der Waals surface area contributed by atoms with E-state index in [1.54, 1.807) is 33.5 Å². The number of rotatable bonds is 6. The first-order valence-electron chi connectivity index (χ1n) is 10.6. The molecule has 1 aromatic heterocycles. The molecule has 31 heavy (non-hydrogen) atoms. The second kappa shape index (κ2) is 7.39. The summed E-state index contributed by atoms with van der Waals surface area (Å²) in [6.07, 6.45) is 7.80. The number of methoxy groups -OCH3 is 3. The van der Waals surface area contributed by atoms with Gasteiger partial charge in [-0.15, -0.1) is 5.10 Å². The van der Waals surface area contributed by atoms with E-state index in [2.05, 4.69) is 31.3 Å². The van der Waals surface area contributed by atoms with Gasteiger partial charge in [0.15, 0.2) is 11.5 Å². The highest BCUT2D eigenvalue weighted by Crippen LogP contribution is 2.64. The van der Waals surface area contributed by atoms with Crippen LogP contribution >= 0.6 is 15.9 Å². The lowest BCUT2D eigenvalue weighted by atomic mass is 9.46. The third-order valence-electron chi connectivity index (χ3n) is 7.38. The summed E-state index contributed by atoms with van der Waals surface area (Å²) in [5, 5.41) is 7.75. The number of hydrogen-bond acceptors (Lipinski definition) is 6. The topological polar surface area (TPSA) is 87.5 Å². The average molecular weight is 491 g/mol. The highest BCUT2D eigenvalue weighted by Gasteiger charge is 2.61. The molecule has 0 aliphatic heterocycles. The number of ether oxygens (including phenoxy) is 3. The van der Waals surface area contributed by atoms with Crippen molar-refractivity contribution in [3.05, 3.63) is 23.2 Å². The van der Waals surface area contributed by atoms with Gasteiger partial charge in [-0.25, -0.2) is 9.67 Å². The number of halogens is 1. The van der Waals surface area contributed by atoms with Crippen molar-refractivity contribution in [1.82, 2.24) is 14.8 Å². The molecule has 6 rings (SSSR count). The SMILES string of the molecule is COc1cc(NC(=O)C23C[C@H]4C[C@H](C2)CC(n2cnc(Br)n2)(C4)C3)cc(OC)c1OC. The smallest absolute Gasteiger partial charge is 0.230 e. The van der Waals surface area contributed by atoms with Crippen LogP contribution in [0.1, 0.15) is 38.5 Å². The molecule has 2 atom stereocenters. The van der Waals surface area contributed by atoms with Gasteiger partial charge in [0, 0.05) is 17.8 Å². The first-order chi connectivity index (χ1) is 14.9. The molecule has 4 aliphatic rings. The maximum Gasteiger partial charge on any atom is 0.230 e. The van der Waals surface area contributed by atoms with Crippen molar-refractivity contribution in [3.8, 4) is 17.2 Å². The minimum absolute atomic E-state index is 0.0689. The third-order valence-corrected chi connectivity index (χ3v) is 7.75. The highest BCUT2D eigenvalue weighted by molar-refractivity contribution is 9.10. The molecule has 8 nitrogen and oxygen atoms in total. The molecule has 4 bridgehead atoms. The summed E-state index contributed by atoms with van der Waals surface area (Å²) in [6.45, 7) is 0. The van der Waals surface area contributed by atoms with Gasteiger partial charge in [0.05, 0.1) is 32.3 Å². The lowest BCUT2D eigenvalue weighted by Gasteiger charge is -2.60. The van der Waals surface area contributed by atoms with Crippen LogP contribution in [0.4, 0.5) is 5.69 Å². The van der Waals surface area contributed by atoms with Crippen molar-refractivity contribution in [2.75, 3.05) is 26.6 Å². The van der Waals surface area contributed by atoms with E-state index in [1.165, 1.54) is 6.42 Å². The van der Waals surface area contributed by atoms with E-state index in [-0.39, 0.29) is 11.4 Å². The van der Waals surface area contributed by atoms with Crippen LogP contribution in [0.25, 0.3) is 0 Å². The summed E-state index contributed by atoms with van der Waals surface area (Å²) < 4.78 is 18.9. The predicted molar refractivity (Wildman–Crippen MR) is 118 cm³/mol. The summed E-state index contributed by atoms with van der Waals surface area (Å²) in [4.78, 5) is 18.0. The summed E-state index contributed by atoms with van der Waals surface area (Å²) in [6, 6.07) is 3.56. The number of hydrogen-bond donors (Lipinski definition) is 1. The minimum Gasteiger partial charge on any atom is -0.493 e. The molecule has 4 fully saturated rings. The summed E-state index contributed by atoms with van der Waals surface area (Å²) in [7, 11) is 4.71. The van der Waals surface area contributed by atoms with Gasteiger partial charge >= 0.3 is 0 Å². The molecular weight excluding hydrogens is 464 g/mol. The molecule has 0 saturated heterocycles. The van der Waals surface area contributed by atoms with Crippen LogP contribution in [-0.2, 0) is 10.3 Å². The van der Waals surface area contributed by atoms with E-state index in [4.69, 9.17) is 14.2 Å². The zero-order valence-corrected chi connectivity index (χ0v) is 19.6. The Kier molecular flexibility index (Phi) is 4.91. The van der Waals surface area contributed by atoms with Gasteiger partial charge in [-0.2, -0.15) is 0 Å². The number of nitrogens with one attached hydrogen (secondary N) is 1. The van der Waals surface area contributed by atoms with Crippen molar-refractivity contribution < 1.29 is 19.0 Å². The van der Waals surface area contributed by atoms with E-state index < -0.39 is 5.41 Å². The van der Waals surface area contributed by atoms with Crippen molar-refractivity contribution in [3.63, 3.8) is 0 Å². The van der Waals surface area contributed by atoms with Gasteiger partial charge in [0.1, 0.15) is 6.33 Å². The lowest BCUT2D eigenvalue weighted by Crippen LogP contribution is -2.60. The van der Waals surface area contributed by atoms with Gasteiger partial charge in [-0.3, -0.25) is 4.79 Å². The second-order valence-electron chi connectivity index (χ2n) is 9.29. The molecule has 4 aliphatic carbocycles. The fraction of sp³-hybridized carbons (Fsp3) is 0.591. The standard InChI is InChI=1S/C22H27BrN4O4/c1-29-16-5-15(6-17(30-2)18(16)31-3)25-19(28)21-7-13-4-14(8-21)10-22(9-13,11-21)27-12-24-20(23)26-27/h5-6,12-14H,4,7-11H2,1-3H3,(H,25,28)/t13-,14-,21?,22?/m1/s1. The molecule has 0 spiro atoms. The molecule has 1 amide bonds. The van der Waals surface area contributed by atoms with Crippen LogP contribution in [0.5, 0.6) is 17.2 Å². The van der Waals surface area contributed by atoms with Gasteiger partial charge in [-0.1, -0.05) is 0 Å². The van der Waals surface area contributed by atoms with E-state index in [0.717, 1.165) is 32.1 Å². The molecular formula is C22H27BrN4O4. The Morgan fingerprint density at radius 1 is 1.10 bits per heavy atom. The van der Waals surface area contributed by atoms with E-state index in [9.17, 15) is 4.79 Å². The van der Waals surface area contributed by atoms with Crippen LogP contribution in [0.3, 0.4) is 0 Å². The number of carbonyl (C=O) groups excluding carboxylic acids is 1. The number of nitrogens with zero attached hydrogens (tertiary/aromatic N) is 3. The Balaban J connectivity index is 1.46. The Bertz CT molecular complexity index is 984. The molecule has 1 N–H and O–H groups in total. The van der Waals surface area contributed by atoms with Crippen molar-refractivity contribution in [2.45, 2.75) is 44.1 Å². The van der Waals surface area contributed by atoms with Crippen LogP contribution in [0.15, 0.2) is 23.2 Å². The van der Waals surface area contributed by atoms with E-state index in [0.29, 0.717) is 39.5 Å². The van der Waals surface area contributed by atoms with Gasteiger partial charge < -0.3 is 19.5 Å². The minimum atomic E-state index is -0.400. The average Bonchev–Trinajstić information content (AvgIpc) is 3.19. The largest absolute Gasteiger partial charge is 0.493 e. The zero-order valence-electron chi connectivity index (χ0n) is 18.0. The molecule has 0 unspecified atom stereocenters. The number of aromatic nitrogens is 3. The number of benzene rings is 1. The zero-order chi connectivity index (χ0) is 21.8. The fourth-order valence-corrected chi connectivity index (χ4v) is 6.90. The highest BCUT2D eigenvalue weighted by atomic mass is 79.9. The second-order valence-corrected chi connectivity index (χ2v) is 10.0. The number of carbonyl (C=O) groups is 1. The van der Waals surface area contributed by atoms with Crippen LogP contribution in [-0.4, -0.2) is 42.0 Å². The summed E-state index contributed by atoms with van der Waals surface area (Å²) in [5.74, 6) is 2.69. The molecule has 166 valence electrons. The molecule has 1 heterocycles. The summed E-state index contributed by atoms with van der Waals surface area (Å²) >= 11 is 3.38. The lowest BCUT2D eigenvalue weighted by molar-refractivity contribution is -0.150. The van der Waals surface area contributed by atoms with Crippen molar-refractivity contribution in [1.29, 1.82) is 0 Å². The van der Waals surface area contributed by atoms with Crippen LogP contribution < -0.4 is 19.5 Å². The molecule has 4 saturated carbocycles. The Hall–Kier alpha value is -2.29. The first-order valence-corrected chi connectivity index (χ1v) is 11.4. The number of amides is 1. The molecule has 9 heteroatoms. The van der Waals surface area contributed by atoms with E-state index >= 15 is 0 Å². The predicted octanol–water partition coefficient (Wildman–Crippen LogP) is 4.00. The Labute approximate surface area is 189 Å². The first kappa shape index (κ1) is 20.6. The fourth-order valence-electron chi connectivity index (χ4n) is 6.64.